The fourth-order valence-electron chi connectivity index (χ4n) is 3.58. The van der Waals surface area contributed by atoms with Crippen molar-refractivity contribution in [3.63, 3.8) is 0 Å². The Hall–Kier alpha value is 0.840. The first-order chi connectivity index (χ1) is 14.8. The quantitative estimate of drug-likeness (QED) is 0.120. The molecule has 5 heteroatoms. The van der Waals surface area contributed by atoms with Crippen LogP contribution >= 0.6 is 31.9 Å². The van der Waals surface area contributed by atoms with Gasteiger partial charge < -0.3 is 14.6 Å². The summed E-state index contributed by atoms with van der Waals surface area (Å²) in [4.78, 5) is 0. The van der Waals surface area contributed by atoms with E-state index in [0.717, 1.165) is 36.7 Å². The first kappa shape index (κ1) is 30.8. The molecule has 1 unspecified atom stereocenters. The number of unbranched alkanes of at least 4 members (excludes halogenated alkanes) is 14. The summed E-state index contributed by atoms with van der Waals surface area (Å²) < 4.78 is 11.2. The summed E-state index contributed by atoms with van der Waals surface area (Å²) in [5.74, 6) is 0. The Balaban J connectivity index is 0.000000612. The molecule has 1 heterocycles. The summed E-state index contributed by atoms with van der Waals surface area (Å²) in [6, 6.07) is 0. The highest BCUT2D eigenvalue weighted by atomic mass is 79.9. The van der Waals surface area contributed by atoms with Crippen molar-refractivity contribution in [3.05, 3.63) is 0 Å². The van der Waals surface area contributed by atoms with Crippen LogP contribution in [0.25, 0.3) is 0 Å². The van der Waals surface area contributed by atoms with Crippen LogP contribution in [0, 0.1) is 0 Å². The molecule has 0 spiro atoms. The molecule has 0 aromatic rings. The second-order valence-electron chi connectivity index (χ2n) is 8.43. The largest absolute Gasteiger partial charge is 0.396 e. The minimum Gasteiger partial charge on any atom is -0.396 e. The fraction of sp³-hybridized carbons (Fsp3) is 1.00. The average Bonchev–Trinajstić information content (AvgIpc) is 2.78. The molecule has 1 N–H and O–H groups in total. The Morgan fingerprint density at radius 2 is 1.10 bits per heavy atom. The minimum absolute atomic E-state index is 0.100. The third-order valence-electron chi connectivity index (χ3n) is 5.51. The third kappa shape index (κ3) is 25.1. The highest BCUT2D eigenvalue weighted by molar-refractivity contribution is 9.09. The molecule has 1 aliphatic rings. The molecule has 1 aliphatic heterocycles. The smallest absolute Gasteiger partial charge is 0.157 e. The van der Waals surface area contributed by atoms with Crippen LogP contribution in [0.15, 0.2) is 0 Å². The molecule has 1 atom stereocenters. The van der Waals surface area contributed by atoms with Crippen LogP contribution in [-0.4, -0.2) is 41.9 Å². The number of ether oxygens (including phenoxy) is 2. The van der Waals surface area contributed by atoms with Gasteiger partial charge in [0.25, 0.3) is 0 Å². The molecule has 0 aromatic carbocycles. The molecule has 30 heavy (non-hydrogen) atoms. The topological polar surface area (TPSA) is 38.7 Å². The van der Waals surface area contributed by atoms with Gasteiger partial charge in [-0.15, -0.1) is 0 Å². The van der Waals surface area contributed by atoms with Gasteiger partial charge in [-0.25, -0.2) is 0 Å². The molecule has 1 fully saturated rings. The molecule has 3 nitrogen and oxygen atoms in total. The van der Waals surface area contributed by atoms with Crippen molar-refractivity contribution in [1.82, 2.24) is 0 Å². The van der Waals surface area contributed by atoms with Crippen molar-refractivity contribution in [2.24, 2.45) is 0 Å². The number of rotatable bonds is 20. The third-order valence-corrected chi connectivity index (χ3v) is 6.63. The van der Waals surface area contributed by atoms with Gasteiger partial charge in [-0.3, -0.25) is 0 Å². The number of halogens is 2. The van der Waals surface area contributed by atoms with Crippen molar-refractivity contribution < 1.29 is 14.6 Å². The highest BCUT2D eigenvalue weighted by Gasteiger charge is 2.13. The summed E-state index contributed by atoms with van der Waals surface area (Å²) in [6.45, 7) is 2.14. The number of hydrogen-bond donors (Lipinski definition) is 1. The van der Waals surface area contributed by atoms with Crippen LogP contribution in [0.4, 0.5) is 0 Å². The van der Waals surface area contributed by atoms with E-state index in [1.54, 1.807) is 0 Å². The van der Waals surface area contributed by atoms with Gasteiger partial charge in [-0.05, 0) is 44.9 Å². The van der Waals surface area contributed by atoms with Crippen molar-refractivity contribution in [1.29, 1.82) is 0 Å². The lowest BCUT2D eigenvalue weighted by Crippen LogP contribution is -2.22. The second-order valence-corrected chi connectivity index (χ2v) is 10.0. The maximum Gasteiger partial charge on any atom is 0.157 e. The summed E-state index contributed by atoms with van der Waals surface area (Å²) in [6.07, 6.45) is 24.7. The average molecular weight is 558 g/mol. The molecular weight excluding hydrogens is 508 g/mol. The number of alkyl halides is 2. The second kappa shape index (κ2) is 27.9. The number of aliphatic hydroxyl groups is 1. The fourth-order valence-corrected chi connectivity index (χ4v) is 4.37. The minimum atomic E-state index is 0.100. The van der Waals surface area contributed by atoms with Crippen molar-refractivity contribution in [2.75, 3.05) is 30.5 Å². The summed E-state index contributed by atoms with van der Waals surface area (Å²) in [5.41, 5.74) is 0. The maximum atomic E-state index is 8.53. The Labute approximate surface area is 204 Å². The predicted molar refractivity (Wildman–Crippen MR) is 138 cm³/mol. The van der Waals surface area contributed by atoms with Gasteiger partial charge in [0.2, 0.25) is 0 Å². The van der Waals surface area contributed by atoms with Crippen LogP contribution in [0.3, 0.4) is 0 Å². The van der Waals surface area contributed by atoms with E-state index in [2.05, 4.69) is 31.9 Å². The summed E-state index contributed by atoms with van der Waals surface area (Å²) in [5, 5.41) is 10.8. The molecule has 0 amide bonds. The Morgan fingerprint density at radius 1 is 0.633 bits per heavy atom. The molecule has 0 radical (unpaired) electrons. The molecule has 182 valence electrons. The number of aliphatic hydroxyl groups excluding tert-OH is 1. The monoisotopic (exact) mass is 556 g/mol. The van der Waals surface area contributed by atoms with Gasteiger partial charge in [0.1, 0.15) is 0 Å². The van der Waals surface area contributed by atoms with E-state index in [1.165, 1.54) is 109 Å². The zero-order chi connectivity index (χ0) is 22.0. The lowest BCUT2D eigenvalue weighted by molar-refractivity contribution is -0.162. The van der Waals surface area contributed by atoms with E-state index in [1.807, 2.05) is 0 Å². The van der Waals surface area contributed by atoms with Gasteiger partial charge >= 0.3 is 0 Å². The highest BCUT2D eigenvalue weighted by Crippen LogP contribution is 2.15. The lowest BCUT2D eigenvalue weighted by atomic mass is 10.1. The molecule has 0 aromatic heterocycles. The predicted octanol–water partition coefficient (Wildman–Crippen LogP) is 8.54. The van der Waals surface area contributed by atoms with Gasteiger partial charge in [-0.2, -0.15) is 0 Å². The molecule has 0 saturated carbocycles. The maximum absolute atomic E-state index is 8.53. The van der Waals surface area contributed by atoms with Crippen molar-refractivity contribution in [3.8, 4) is 0 Å². The van der Waals surface area contributed by atoms with Crippen LogP contribution < -0.4 is 0 Å². The normalized spacial score (nSPS) is 16.3. The van der Waals surface area contributed by atoms with Crippen LogP contribution in [0.5, 0.6) is 0 Å². The van der Waals surface area contributed by atoms with E-state index < -0.39 is 0 Å². The zero-order valence-electron chi connectivity index (χ0n) is 19.6. The van der Waals surface area contributed by atoms with Crippen LogP contribution in [-0.2, 0) is 9.47 Å². The first-order valence-corrected chi connectivity index (χ1v) is 15.1. The van der Waals surface area contributed by atoms with Crippen molar-refractivity contribution >= 4 is 31.9 Å². The Morgan fingerprint density at radius 3 is 1.53 bits per heavy atom. The van der Waals surface area contributed by atoms with E-state index >= 15 is 0 Å². The first-order valence-electron chi connectivity index (χ1n) is 12.8. The standard InChI is InChI=1S/C15H29BrO2.C10H21BrO/c16-12-8-5-3-1-2-4-6-9-13-17-15-11-7-10-14-18-15;11-9-7-5-3-1-2-4-6-8-10-12/h15H,1-14H2;12H,1-10H2. The Kier molecular flexibility index (Phi) is 28.7. The summed E-state index contributed by atoms with van der Waals surface area (Å²) >= 11 is 6.89. The molecule has 1 rings (SSSR count). The molecule has 0 bridgehead atoms. The van der Waals surface area contributed by atoms with E-state index in [-0.39, 0.29) is 6.29 Å². The van der Waals surface area contributed by atoms with Crippen molar-refractivity contribution in [2.45, 2.75) is 128 Å². The van der Waals surface area contributed by atoms with Gasteiger partial charge in [0.15, 0.2) is 6.29 Å². The van der Waals surface area contributed by atoms with Crippen LogP contribution in [0.2, 0.25) is 0 Å². The van der Waals surface area contributed by atoms with Gasteiger partial charge in [0, 0.05) is 30.5 Å². The lowest BCUT2D eigenvalue weighted by Gasteiger charge is -2.22. The SMILES string of the molecule is BrCCCCCCCCCCOC1CCCCO1.OCCCCCCCCCCBr. The molecule has 1 saturated heterocycles. The molecular formula is C25H50Br2O3. The summed E-state index contributed by atoms with van der Waals surface area (Å²) in [7, 11) is 0. The van der Waals surface area contributed by atoms with Crippen LogP contribution in [0.1, 0.15) is 122 Å². The van der Waals surface area contributed by atoms with E-state index in [9.17, 15) is 0 Å². The van der Waals surface area contributed by atoms with Gasteiger partial charge in [0.05, 0.1) is 0 Å². The number of hydrogen-bond acceptors (Lipinski definition) is 3. The van der Waals surface area contributed by atoms with E-state index in [0.29, 0.717) is 6.61 Å². The van der Waals surface area contributed by atoms with E-state index in [4.69, 9.17) is 14.6 Å². The van der Waals surface area contributed by atoms with Gasteiger partial charge in [-0.1, -0.05) is 109 Å². The Bertz CT molecular complexity index is 290. The zero-order valence-corrected chi connectivity index (χ0v) is 22.7. The molecule has 0 aliphatic carbocycles.